The number of aromatic amines is 1. The van der Waals surface area contributed by atoms with E-state index in [0.717, 1.165) is 6.42 Å². The van der Waals surface area contributed by atoms with Gasteiger partial charge in [0.05, 0.1) is 19.0 Å². The molecule has 1 aromatic heterocycles. The molecule has 0 spiro atoms. The van der Waals surface area contributed by atoms with E-state index in [1.807, 2.05) is 0 Å². The van der Waals surface area contributed by atoms with Crippen LogP contribution in [0.2, 0.25) is 0 Å². The average Bonchev–Trinajstić information content (AvgIpc) is 3.50. The summed E-state index contributed by atoms with van der Waals surface area (Å²) < 4.78 is 0. The minimum atomic E-state index is -1.50. The zero-order valence-corrected chi connectivity index (χ0v) is 18.4. The summed E-state index contributed by atoms with van der Waals surface area (Å²) in [7, 11) is 0. The number of carbonyl (C=O) groups excluding carboxylic acids is 3. The molecule has 1 aliphatic rings. The summed E-state index contributed by atoms with van der Waals surface area (Å²) in [6.45, 7) is 0.315. The molecule has 4 atom stereocenters. The van der Waals surface area contributed by atoms with Gasteiger partial charge in [-0.3, -0.25) is 14.4 Å². The standard InChI is InChI=1S/C20H33N7O6/c21-6-2-1-4-14(18(30)27-16(10-28)20(32)33)25-19(31)15(8-12-9-22-11-24-12)26-17(29)13-5-3-7-23-13/h9,11,13-16,23,28H,1-8,10,21H2,(H,22,24)(H,25,31)(H,26,29)(H,27,30)(H,32,33). The summed E-state index contributed by atoms with van der Waals surface area (Å²) in [5.41, 5.74) is 6.13. The summed E-state index contributed by atoms with van der Waals surface area (Å²) in [5, 5.41) is 28.9. The van der Waals surface area contributed by atoms with Crippen LogP contribution in [-0.4, -0.2) is 87.7 Å². The normalized spacial score (nSPS) is 18.2. The van der Waals surface area contributed by atoms with Crippen LogP contribution in [0.4, 0.5) is 0 Å². The van der Waals surface area contributed by atoms with Crippen LogP contribution in [0.3, 0.4) is 0 Å². The van der Waals surface area contributed by atoms with Gasteiger partial charge in [0.2, 0.25) is 17.7 Å². The Hall–Kier alpha value is -3.03. The lowest BCUT2D eigenvalue weighted by molar-refractivity contribution is -0.143. The van der Waals surface area contributed by atoms with Gasteiger partial charge >= 0.3 is 5.97 Å². The molecule has 3 amide bonds. The lowest BCUT2D eigenvalue weighted by atomic mass is 10.1. The van der Waals surface area contributed by atoms with E-state index in [1.165, 1.54) is 12.5 Å². The maximum Gasteiger partial charge on any atom is 0.328 e. The molecule has 0 radical (unpaired) electrons. The van der Waals surface area contributed by atoms with E-state index >= 15 is 0 Å². The number of unbranched alkanes of at least 4 members (excludes halogenated alkanes) is 1. The number of carbonyl (C=O) groups is 4. The maximum absolute atomic E-state index is 13.1. The molecular weight excluding hydrogens is 434 g/mol. The highest BCUT2D eigenvalue weighted by molar-refractivity contribution is 5.94. The number of aliphatic hydroxyl groups is 1. The van der Waals surface area contributed by atoms with Crippen LogP contribution >= 0.6 is 0 Å². The number of carboxylic acid groups (broad SMARTS) is 1. The second kappa shape index (κ2) is 13.5. The number of rotatable bonds is 14. The van der Waals surface area contributed by atoms with E-state index in [-0.39, 0.29) is 18.7 Å². The van der Waals surface area contributed by atoms with E-state index in [0.29, 0.717) is 38.0 Å². The zero-order chi connectivity index (χ0) is 24.2. The molecule has 1 saturated heterocycles. The van der Waals surface area contributed by atoms with Gasteiger partial charge in [-0.25, -0.2) is 9.78 Å². The van der Waals surface area contributed by atoms with Gasteiger partial charge in [-0.1, -0.05) is 0 Å². The van der Waals surface area contributed by atoms with Crippen molar-refractivity contribution < 1.29 is 29.4 Å². The van der Waals surface area contributed by atoms with Crippen molar-refractivity contribution in [3.8, 4) is 0 Å². The first kappa shape index (κ1) is 26.2. The van der Waals surface area contributed by atoms with Crippen LogP contribution in [-0.2, 0) is 25.6 Å². The third-order valence-electron chi connectivity index (χ3n) is 5.37. The van der Waals surface area contributed by atoms with Crippen molar-refractivity contribution in [1.29, 1.82) is 0 Å². The minimum absolute atomic E-state index is 0.121. The molecule has 0 aromatic carbocycles. The van der Waals surface area contributed by atoms with Crippen LogP contribution in [0.5, 0.6) is 0 Å². The van der Waals surface area contributed by atoms with Crippen molar-refractivity contribution in [2.45, 2.75) is 62.7 Å². The molecule has 13 nitrogen and oxygen atoms in total. The number of nitrogens with two attached hydrogens (primary N) is 1. The molecule has 0 saturated carbocycles. The molecule has 4 unspecified atom stereocenters. The van der Waals surface area contributed by atoms with E-state index in [4.69, 9.17) is 10.8 Å². The minimum Gasteiger partial charge on any atom is -0.480 e. The first-order valence-corrected chi connectivity index (χ1v) is 11.0. The number of nitrogens with one attached hydrogen (secondary N) is 5. The van der Waals surface area contributed by atoms with Crippen molar-refractivity contribution >= 4 is 23.7 Å². The molecule has 1 aliphatic heterocycles. The number of aliphatic carboxylic acids is 1. The summed E-state index contributed by atoms with van der Waals surface area (Å²) in [6, 6.07) is -3.95. The van der Waals surface area contributed by atoms with Crippen LogP contribution in [0.15, 0.2) is 12.5 Å². The Kier molecular flexibility index (Phi) is 10.7. The van der Waals surface area contributed by atoms with Gasteiger partial charge in [0.15, 0.2) is 0 Å². The SMILES string of the molecule is NCCCCC(NC(=O)C(Cc1cnc[nH]1)NC(=O)C1CCCN1)C(=O)NC(CO)C(=O)O. The van der Waals surface area contributed by atoms with Crippen molar-refractivity contribution in [2.24, 2.45) is 5.73 Å². The van der Waals surface area contributed by atoms with Gasteiger partial charge in [0.25, 0.3) is 0 Å². The summed E-state index contributed by atoms with van der Waals surface area (Å²) >= 11 is 0. The third-order valence-corrected chi connectivity index (χ3v) is 5.37. The molecule has 0 bridgehead atoms. The Morgan fingerprint density at radius 1 is 1.12 bits per heavy atom. The maximum atomic E-state index is 13.1. The predicted molar refractivity (Wildman–Crippen MR) is 117 cm³/mol. The number of nitrogens with zero attached hydrogens (tertiary/aromatic N) is 1. The molecule has 9 N–H and O–H groups in total. The van der Waals surface area contributed by atoms with Gasteiger partial charge in [-0.05, 0) is 45.2 Å². The Labute approximate surface area is 191 Å². The van der Waals surface area contributed by atoms with E-state index in [9.17, 15) is 24.3 Å². The molecule has 184 valence electrons. The van der Waals surface area contributed by atoms with Crippen LogP contribution < -0.4 is 27.0 Å². The Morgan fingerprint density at radius 3 is 2.42 bits per heavy atom. The van der Waals surface area contributed by atoms with Gasteiger partial charge in [-0.15, -0.1) is 0 Å². The monoisotopic (exact) mass is 467 g/mol. The van der Waals surface area contributed by atoms with Crippen molar-refractivity contribution in [3.63, 3.8) is 0 Å². The molecule has 33 heavy (non-hydrogen) atoms. The number of amides is 3. The largest absolute Gasteiger partial charge is 0.480 e. The Balaban J connectivity index is 2.12. The number of H-pyrrole nitrogens is 1. The van der Waals surface area contributed by atoms with Crippen LogP contribution in [0.25, 0.3) is 0 Å². The first-order chi connectivity index (χ1) is 15.8. The summed E-state index contributed by atoms with van der Waals surface area (Å²) in [4.78, 5) is 56.4. The number of aliphatic hydroxyl groups excluding tert-OH is 1. The second-order valence-electron chi connectivity index (χ2n) is 7.92. The number of hydrogen-bond acceptors (Lipinski definition) is 8. The van der Waals surface area contributed by atoms with Gasteiger partial charge in [0.1, 0.15) is 18.1 Å². The van der Waals surface area contributed by atoms with Crippen molar-refractivity contribution in [1.82, 2.24) is 31.2 Å². The summed E-state index contributed by atoms with van der Waals surface area (Å²) in [6.07, 6.45) is 5.94. The lowest BCUT2D eigenvalue weighted by Crippen LogP contribution is -2.57. The second-order valence-corrected chi connectivity index (χ2v) is 7.92. The number of hydrogen-bond donors (Lipinski definition) is 8. The van der Waals surface area contributed by atoms with Crippen molar-refractivity contribution in [3.05, 3.63) is 18.2 Å². The fraction of sp³-hybridized carbons (Fsp3) is 0.650. The number of imidazole rings is 1. The number of aromatic nitrogens is 2. The third kappa shape index (κ3) is 8.44. The van der Waals surface area contributed by atoms with Crippen molar-refractivity contribution in [2.75, 3.05) is 19.7 Å². The van der Waals surface area contributed by atoms with Crippen LogP contribution in [0.1, 0.15) is 37.8 Å². The Bertz CT molecular complexity index is 782. The quantitative estimate of drug-likeness (QED) is 0.134. The van der Waals surface area contributed by atoms with Gasteiger partial charge in [-0.2, -0.15) is 0 Å². The molecule has 1 fully saturated rings. The highest BCUT2D eigenvalue weighted by atomic mass is 16.4. The summed E-state index contributed by atoms with van der Waals surface area (Å²) in [5.74, 6) is -3.06. The molecular formula is C20H33N7O6. The highest BCUT2D eigenvalue weighted by Crippen LogP contribution is 2.08. The van der Waals surface area contributed by atoms with E-state index in [1.54, 1.807) is 0 Å². The fourth-order valence-corrected chi connectivity index (χ4v) is 3.50. The van der Waals surface area contributed by atoms with Gasteiger partial charge in [0, 0.05) is 18.3 Å². The smallest absolute Gasteiger partial charge is 0.328 e. The predicted octanol–water partition coefficient (Wildman–Crippen LogP) is -2.64. The van der Waals surface area contributed by atoms with Crippen LogP contribution in [0, 0.1) is 0 Å². The highest BCUT2D eigenvalue weighted by Gasteiger charge is 2.31. The van der Waals surface area contributed by atoms with E-state index < -0.39 is 48.6 Å². The Morgan fingerprint density at radius 2 is 1.85 bits per heavy atom. The number of carboxylic acids is 1. The van der Waals surface area contributed by atoms with E-state index in [2.05, 4.69) is 31.2 Å². The first-order valence-electron chi connectivity index (χ1n) is 11.0. The topological polar surface area (TPSA) is 212 Å². The van der Waals surface area contributed by atoms with Gasteiger partial charge < -0.3 is 42.2 Å². The fourth-order valence-electron chi connectivity index (χ4n) is 3.50. The molecule has 1 aromatic rings. The average molecular weight is 468 g/mol. The molecule has 13 heteroatoms. The lowest BCUT2D eigenvalue weighted by Gasteiger charge is -2.25. The zero-order valence-electron chi connectivity index (χ0n) is 18.4. The molecule has 2 rings (SSSR count). The molecule has 2 heterocycles. The molecule has 0 aliphatic carbocycles.